The number of thioether (sulfide) groups is 1. The molecule has 1 amide bonds. The predicted molar refractivity (Wildman–Crippen MR) is 85.3 cm³/mol. The van der Waals surface area contributed by atoms with E-state index in [0.717, 1.165) is 17.8 Å². The van der Waals surface area contributed by atoms with E-state index in [9.17, 15) is 18.0 Å². The molecule has 0 aliphatic carbocycles. The Hall–Kier alpha value is -1.39. The number of carbonyl (C=O) groups is 1. The average molecular weight is 365 g/mol. The molecule has 0 spiro atoms. The molecule has 1 rings (SSSR count). The van der Waals surface area contributed by atoms with Crippen LogP contribution in [0.4, 0.5) is 13.2 Å². The molecule has 0 unspecified atom stereocenters. The number of hydrogen-bond acceptors (Lipinski definition) is 3. The Bertz CT molecular complexity index is 610. The summed E-state index contributed by atoms with van der Waals surface area (Å²) in [5.74, 6) is 2.21. The summed E-state index contributed by atoms with van der Waals surface area (Å²) >= 11 is 6.74. The van der Waals surface area contributed by atoms with Crippen molar-refractivity contribution in [2.24, 2.45) is 0 Å². The second-order valence-corrected chi connectivity index (χ2v) is 6.15. The minimum Gasteiger partial charge on any atom is -0.339 e. The predicted octanol–water partition coefficient (Wildman–Crippen LogP) is 4.15. The van der Waals surface area contributed by atoms with Crippen LogP contribution in [-0.2, 0) is 11.0 Å². The lowest BCUT2D eigenvalue weighted by Crippen LogP contribution is -2.47. The maximum Gasteiger partial charge on any atom is 0.417 e. The van der Waals surface area contributed by atoms with Gasteiger partial charge in [-0.25, -0.2) is 4.98 Å². The van der Waals surface area contributed by atoms with Crippen LogP contribution in [0.3, 0.4) is 0 Å². The lowest BCUT2D eigenvalue weighted by molar-refractivity contribution is -0.137. The Morgan fingerprint density at radius 2 is 2.04 bits per heavy atom. The molecule has 1 N–H and O–H groups in total. The molecule has 8 heteroatoms. The highest BCUT2D eigenvalue weighted by atomic mass is 35.5. The molecular formula is C15H16ClF3N2OS. The molecular weight excluding hydrogens is 349 g/mol. The largest absolute Gasteiger partial charge is 0.417 e. The van der Waals surface area contributed by atoms with Crippen LogP contribution in [0.2, 0.25) is 5.02 Å². The molecule has 0 bridgehead atoms. The number of amides is 1. The number of halogens is 4. The van der Waals surface area contributed by atoms with Crippen molar-refractivity contribution in [1.82, 2.24) is 10.3 Å². The standard InChI is InChI=1S/C15H16ClF3N2OS/c1-4-14(5-2,6-3)21-12(22)9-23-13-11(16)7-10(8-20-13)15(17,18)19/h1,7-8H,5-6,9H2,2-3H3,(H,21,22). The van der Waals surface area contributed by atoms with Gasteiger partial charge in [-0.15, -0.1) is 6.42 Å². The van der Waals surface area contributed by atoms with Crippen molar-refractivity contribution in [3.05, 3.63) is 22.8 Å². The van der Waals surface area contributed by atoms with Gasteiger partial charge in [0.25, 0.3) is 0 Å². The number of nitrogens with zero attached hydrogens (tertiary/aromatic N) is 1. The number of terminal acetylenes is 1. The van der Waals surface area contributed by atoms with Crippen LogP contribution in [0.15, 0.2) is 17.3 Å². The third kappa shape index (κ3) is 5.33. The molecule has 23 heavy (non-hydrogen) atoms. The van der Waals surface area contributed by atoms with Gasteiger partial charge in [-0.2, -0.15) is 13.2 Å². The highest BCUT2D eigenvalue weighted by molar-refractivity contribution is 8.00. The summed E-state index contributed by atoms with van der Waals surface area (Å²) in [5.41, 5.74) is -1.64. The fourth-order valence-electron chi connectivity index (χ4n) is 1.79. The number of rotatable bonds is 6. The monoisotopic (exact) mass is 364 g/mol. The molecule has 126 valence electrons. The summed E-state index contributed by atoms with van der Waals surface area (Å²) in [7, 11) is 0. The fraction of sp³-hybridized carbons (Fsp3) is 0.467. The van der Waals surface area contributed by atoms with Gasteiger partial charge < -0.3 is 5.32 Å². The number of nitrogens with one attached hydrogen (secondary N) is 1. The Morgan fingerprint density at radius 1 is 1.43 bits per heavy atom. The first-order valence-corrected chi connectivity index (χ1v) is 8.18. The number of aromatic nitrogens is 1. The van der Waals surface area contributed by atoms with E-state index in [2.05, 4.69) is 16.2 Å². The zero-order chi connectivity index (χ0) is 17.7. The molecule has 0 atom stereocenters. The molecule has 3 nitrogen and oxygen atoms in total. The quantitative estimate of drug-likeness (QED) is 0.609. The summed E-state index contributed by atoms with van der Waals surface area (Å²) in [5, 5.41) is 2.77. The van der Waals surface area contributed by atoms with Gasteiger partial charge in [-0.05, 0) is 18.9 Å². The lowest BCUT2D eigenvalue weighted by Gasteiger charge is -2.26. The zero-order valence-corrected chi connectivity index (χ0v) is 14.2. The number of hydrogen-bond donors (Lipinski definition) is 1. The van der Waals surface area contributed by atoms with E-state index in [0.29, 0.717) is 19.0 Å². The van der Waals surface area contributed by atoms with Crippen LogP contribution < -0.4 is 5.32 Å². The lowest BCUT2D eigenvalue weighted by atomic mass is 9.94. The third-order valence-electron chi connectivity index (χ3n) is 3.34. The first-order chi connectivity index (χ1) is 10.7. The summed E-state index contributed by atoms with van der Waals surface area (Å²) in [6.07, 6.45) is 2.79. The van der Waals surface area contributed by atoms with Gasteiger partial charge in [0.2, 0.25) is 5.91 Å². The van der Waals surface area contributed by atoms with Crippen LogP contribution >= 0.6 is 23.4 Å². The average Bonchev–Trinajstić information content (AvgIpc) is 2.50. The Balaban J connectivity index is 2.72. The summed E-state index contributed by atoms with van der Waals surface area (Å²) in [6.45, 7) is 3.73. The highest BCUT2D eigenvalue weighted by Gasteiger charge is 2.31. The van der Waals surface area contributed by atoms with Gasteiger partial charge >= 0.3 is 6.18 Å². The van der Waals surface area contributed by atoms with E-state index in [1.54, 1.807) is 0 Å². The molecule has 0 aliphatic heterocycles. The van der Waals surface area contributed by atoms with Crippen molar-refractivity contribution in [3.63, 3.8) is 0 Å². The Kier molecular flexibility index (Phi) is 6.78. The smallest absolute Gasteiger partial charge is 0.339 e. The first kappa shape index (κ1) is 19.7. The maximum absolute atomic E-state index is 12.5. The van der Waals surface area contributed by atoms with E-state index < -0.39 is 17.3 Å². The number of carbonyl (C=O) groups excluding carboxylic acids is 1. The molecule has 0 fully saturated rings. The SMILES string of the molecule is C#CC(CC)(CC)NC(=O)CSc1ncc(C(F)(F)F)cc1Cl. The van der Waals surface area contributed by atoms with E-state index in [1.165, 1.54) is 0 Å². The molecule has 0 aromatic carbocycles. The van der Waals surface area contributed by atoms with Crippen LogP contribution in [0.5, 0.6) is 0 Å². The fourth-order valence-corrected chi connectivity index (χ4v) is 2.78. The zero-order valence-electron chi connectivity index (χ0n) is 12.6. The molecule has 1 aromatic heterocycles. The van der Waals surface area contributed by atoms with Gasteiger partial charge in [0.1, 0.15) is 10.6 Å². The van der Waals surface area contributed by atoms with Gasteiger partial charge in [0.05, 0.1) is 16.3 Å². The van der Waals surface area contributed by atoms with E-state index in [-0.39, 0.29) is 21.7 Å². The van der Waals surface area contributed by atoms with Crippen LogP contribution in [0, 0.1) is 12.3 Å². The van der Waals surface area contributed by atoms with E-state index in [4.69, 9.17) is 18.0 Å². The Labute approximate surface area is 142 Å². The van der Waals surface area contributed by atoms with E-state index in [1.807, 2.05) is 13.8 Å². The number of alkyl halides is 3. The highest BCUT2D eigenvalue weighted by Crippen LogP contribution is 2.33. The summed E-state index contributed by atoms with van der Waals surface area (Å²) in [6, 6.07) is 0.790. The maximum atomic E-state index is 12.5. The van der Waals surface area contributed by atoms with Gasteiger partial charge in [0, 0.05) is 6.20 Å². The second-order valence-electron chi connectivity index (χ2n) is 4.78. The van der Waals surface area contributed by atoms with Gasteiger partial charge in [-0.1, -0.05) is 43.1 Å². The van der Waals surface area contributed by atoms with Crippen LogP contribution in [-0.4, -0.2) is 22.2 Å². The Morgan fingerprint density at radius 3 is 2.48 bits per heavy atom. The van der Waals surface area contributed by atoms with Crippen molar-refractivity contribution in [3.8, 4) is 12.3 Å². The van der Waals surface area contributed by atoms with Crippen LogP contribution in [0.25, 0.3) is 0 Å². The molecule has 0 saturated heterocycles. The van der Waals surface area contributed by atoms with Crippen molar-refractivity contribution >= 4 is 29.3 Å². The van der Waals surface area contributed by atoms with Gasteiger partial charge in [0.15, 0.2) is 0 Å². The van der Waals surface area contributed by atoms with Crippen molar-refractivity contribution in [1.29, 1.82) is 0 Å². The minimum absolute atomic E-state index is 0.0402. The molecule has 1 aromatic rings. The topological polar surface area (TPSA) is 42.0 Å². The van der Waals surface area contributed by atoms with Gasteiger partial charge in [-0.3, -0.25) is 4.79 Å². The normalized spacial score (nSPS) is 11.9. The first-order valence-electron chi connectivity index (χ1n) is 6.81. The molecule has 0 radical (unpaired) electrons. The molecule has 1 heterocycles. The molecule has 0 aliphatic rings. The van der Waals surface area contributed by atoms with E-state index >= 15 is 0 Å². The second kappa shape index (κ2) is 7.93. The van der Waals surface area contributed by atoms with Crippen molar-refractivity contribution < 1.29 is 18.0 Å². The third-order valence-corrected chi connectivity index (χ3v) is 4.74. The minimum atomic E-state index is -4.51. The van der Waals surface area contributed by atoms with Crippen molar-refractivity contribution in [2.45, 2.75) is 43.4 Å². The molecule has 0 saturated carbocycles. The summed E-state index contributed by atoms with van der Waals surface area (Å²) < 4.78 is 37.6. The van der Waals surface area contributed by atoms with Crippen molar-refractivity contribution in [2.75, 3.05) is 5.75 Å². The number of pyridine rings is 1. The van der Waals surface area contributed by atoms with Crippen LogP contribution in [0.1, 0.15) is 32.3 Å². The summed E-state index contributed by atoms with van der Waals surface area (Å²) in [4.78, 5) is 15.6.